The minimum atomic E-state index is -0.517. The van der Waals surface area contributed by atoms with Gasteiger partial charge in [-0.3, -0.25) is 9.59 Å². The maximum Gasteiger partial charge on any atom is 0.299 e. The predicted molar refractivity (Wildman–Crippen MR) is 68.1 cm³/mol. The van der Waals surface area contributed by atoms with E-state index in [4.69, 9.17) is 23.2 Å². The molecule has 1 amide bonds. The van der Waals surface area contributed by atoms with Gasteiger partial charge in [0.2, 0.25) is 0 Å². The van der Waals surface area contributed by atoms with Crippen LogP contribution < -0.4 is 4.90 Å². The number of fused-ring (bicyclic) bond motifs is 1. The van der Waals surface area contributed by atoms with Crippen LogP contribution in [0.3, 0.4) is 0 Å². The van der Waals surface area contributed by atoms with E-state index in [1.807, 2.05) is 0 Å². The summed E-state index contributed by atoms with van der Waals surface area (Å²) in [5.41, 5.74) is 0.937. The molecular weight excluding hydrogens is 261 g/mol. The van der Waals surface area contributed by atoms with E-state index in [0.29, 0.717) is 28.7 Å². The monoisotopic (exact) mass is 271 g/mol. The van der Waals surface area contributed by atoms with Crippen LogP contribution in [-0.4, -0.2) is 24.1 Å². The molecule has 0 N–H and O–H groups in total. The van der Waals surface area contributed by atoms with Crippen molar-refractivity contribution in [1.82, 2.24) is 0 Å². The summed E-state index contributed by atoms with van der Waals surface area (Å²) >= 11 is 11.5. The Kier molecular flexibility index (Phi) is 3.69. The van der Waals surface area contributed by atoms with Gasteiger partial charge in [-0.05, 0) is 25.0 Å². The molecule has 17 heavy (non-hydrogen) atoms. The van der Waals surface area contributed by atoms with Crippen LogP contribution in [0, 0.1) is 0 Å². The zero-order valence-corrected chi connectivity index (χ0v) is 10.6. The van der Waals surface area contributed by atoms with Crippen molar-refractivity contribution in [2.24, 2.45) is 0 Å². The van der Waals surface area contributed by atoms with Gasteiger partial charge < -0.3 is 4.90 Å². The first-order valence-electron chi connectivity index (χ1n) is 5.37. The second kappa shape index (κ2) is 5.07. The molecular formula is C12H11Cl2NO2. The number of halogens is 2. The molecule has 0 fully saturated rings. The molecule has 1 aromatic rings. The average Bonchev–Trinajstić information content (AvgIpc) is 2.55. The molecule has 1 heterocycles. The lowest BCUT2D eigenvalue weighted by molar-refractivity contribution is -0.114. The number of hydrogen-bond acceptors (Lipinski definition) is 2. The van der Waals surface area contributed by atoms with Gasteiger partial charge in [0.05, 0.1) is 16.3 Å². The Bertz CT molecular complexity index is 474. The van der Waals surface area contributed by atoms with Gasteiger partial charge >= 0.3 is 0 Å². The zero-order chi connectivity index (χ0) is 12.4. The molecule has 0 unspecified atom stereocenters. The number of nitrogens with zero attached hydrogens (tertiary/aromatic N) is 1. The van der Waals surface area contributed by atoms with Gasteiger partial charge in [0.25, 0.3) is 11.7 Å². The maximum atomic E-state index is 11.8. The van der Waals surface area contributed by atoms with Crippen molar-refractivity contribution >= 4 is 40.6 Å². The molecule has 1 aromatic carbocycles. The van der Waals surface area contributed by atoms with Crippen molar-refractivity contribution in [2.45, 2.75) is 12.8 Å². The third-order valence-corrected chi connectivity index (χ3v) is 3.30. The second-order valence-electron chi connectivity index (χ2n) is 3.82. The number of rotatable bonds is 4. The number of amides is 1. The van der Waals surface area contributed by atoms with Crippen LogP contribution >= 0.6 is 23.2 Å². The number of benzene rings is 1. The second-order valence-corrected chi connectivity index (χ2v) is 4.60. The van der Waals surface area contributed by atoms with Crippen molar-refractivity contribution in [2.75, 3.05) is 17.3 Å². The van der Waals surface area contributed by atoms with E-state index in [2.05, 4.69) is 0 Å². The highest BCUT2D eigenvalue weighted by Crippen LogP contribution is 2.34. The Morgan fingerprint density at radius 2 is 1.94 bits per heavy atom. The summed E-state index contributed by atoms with van der Waals surface area (Å²) in [6.45, 7) is 0.505. The van der Waals surface area contributed by atoms with E-state index in [9.17, 15) is 9.59 Å². The third-order valence-electron chi connectivity index (χ3n) is 2.71. The van der Waals surface area contributed by atoms with Crippen LogP contribution in [0.4, 0.5) is 5.69 Å². The SMILES string of the molecule is O=C1C(=O)N(CCCCCl)c2cccc(Cl)c21. The summed E-state index contributed by atoms with van der Waals surface area (Å²) in [7, 11) is 0. The first-order valence-corrected chi connectivity index (χ1v) is 6.28. The summed E-state index contributed by atoms with van der Waals surface area (Å²) in [6, 6.07) is 5.10. The van der Waals surface area contributed by atoms with Crippen LogP contribution in [0.15, 0.2) is 18.2 Å². The first kappa shape index (κ1) is 12.4. The maximum absolute atomic E-state index is 11.8. The Morgan fingerprint density at radius 3 is 2.65 bits per heavy atom. The van der Waals surface area contributed by atoms with Crippen LogP contribution in [0.2, 0.25) is 5.02 Å². The first-order chi connectivity index (χ1) is 8.16. The summed E-state index contributed by atoms with van der Waals surface area (Å²) in [5, 5.41) is 0.334. The van der Waals surface area contributed by atoms with Crippen molar-refractivity contribution in [3.05, 3.63) is 28.8 Å². The van der Waals surface area contributed by atoms with Crippen LogP contribution in [0.25, 0.3) is 0 Å². The summed E-state index contributed by atoms with van der Waals surface area (Å²) in [6.07, 6.45) is 1.59. The summed E-state index contributed by atoms with van der Waals surface area (Å²) < 4.78 is 0. The molecule has 0 spiro atoms. The van der Waals surface area contributed by atoms with E-state index < -0.39 is 11.7 Å². The van der Waals surface area contributed by atoms with Gasteiger partial charge in [-0.2, -0.15) is 0 Å². The molecule has 1 aliphatic rings. The van der Waals surface area contributed by atoms with Crippen LogP contribution in [0.1, 0.15) is 23.2 Å². The van der Waals surface area contributed by atoms with Crippen LogP contribution in [-0.2, 0) is 4.79 Å². The molecule has 0 aromatic heterocycles. The number of anilines is 1. The topological polar surface area (TPSA) is 37.4 Å². The standard InChI is InChI=1S/C12H11Cl2NO2/c13-6-1-2-7-15-9-5-3-4-8(14)10(9)11(16)12(15)17/h3-5H,1-2,6-7H2. The molecule has 0 aliphatic carbocycles. The minimum absolute atomic E-state index is 0.324. The van der Waals surface area contributed by atoms with Crippen molar-refractivity contribution < 1.29 is 9.59 Å². The minimum Gasteiger partial charge on any atom is -0.305 e. The zero-order valence-electron chi connectivity index (χ0n) is 9.08. The largest absolute Gasteiger partial charge is 0.305 e. The Labute approximate surface area is 109 Å². The van der Waals surface area contributed by atoms with E-state index in [-0.39, 0.29) is 0 Å². The molecule has 0 saturated heterocycles. The fraction of sp³-hybridized carbons (Fsp3) is 0.333. The highest BCUT2D eigenvalue weighted by Gasteiger charge is 2.36. The summed E-state index contributed by atoms with van der Waals surface area (Å²) in [5.74, 6) is -0.461. The predicted octanol–water partition coefficient (Wildman–Crippen LogP) is 2.89. The Morgan fingerprint density at radius 1 is 1.18 bits per heavy atom. The molecule has 3 nitrogen and oxygen atoms in total. The third kappa shape index (κ3) is 2.17. The molecule has 5 heteroatoms. The molecule has 1 aliphatic heterocycles. The van der Waals surface area contributed by atoms with E-state index in [0.717, 1.165) is 12.8 Å². The molecule has 0 atom stereocenters. The molecule has 0 bridgehead atoms. The highest BCUT2D eigenvalue weighted by atomic mass is 35.5. The van der Waals surface area contributed by atoms with Crippen molar-refractivity contribution in [3.8, 4) is 0 Å². The molecule has 2 rings (SSSR count). The number of carbonyl (C=O) groups excluding carboxylic acids is 2. The number of carbonyl (C=O) groups is 2. The molecule has 0 radical (unpaired) electrons. The number of alkyl halides is 1. The number of ketones is 1. The molecule has 90 valence electrons. The number of Topliss-reactive ketones (excluding diaryl/α,β-unsaturated/α-hetero) is 1. The fourth-order valence-corrected chi connectivity index (χ4v) is 2.33. The lowest BCUT2D eigenvalue weighted by Crippen LogP contribution is -2.30. The Hall–Kier alpha value is -1.06. The van der Waals surface area contributed by atoms with E-state index in [1.165, 1.54) is 4.90 Å². The normalized spacial score (nSPS) is 14.4. The van der Waals surface area contributed by atoms with Crippen LogP contribution in [0.5, 0.6) is 0 Å². The van der Waals surface area contributed by atoms with E-state index in [1.54, 1.807) is 18.2 Å². The lowest BCUT2D eigenvalue weighted by atomic mass is 10.1. The van der Waals surface area contributed by atoms with Gasteiger partial charge in [0.1, 0.15) is 0 Å². The summed E-state index contributed by atoms with van der Waals surface area (Å²) in [4.78, 5) is 25.0. The fourth-order valence-electron chi connectivity index (χ4n) is 1.89. The smallest absolute Gasteiger partial charge is 0.299 e. The van der Waals surface area contributed by atoms with Gasteiger partial charge in [-0.25, -0.2) is 0 Å². The molecule has 0 saturated carbocycles. The number of unbranched alkanes of at least 4 members (excludes halogenated alkanes) is 1. The van der Waals surface area contributed by atoms with E-state index >= 15 is 0 Å². The lowest BCUT2D eigenvalue weighted by Gasteiger charge is -2.15. The highest BCUT2D eigenvalue weighted by molar-refractivity contribution is 6.55. The van der Waals surface area contributed by atoms with Gasteiger partial charge in [0.15, 0.2) is 0 Å². The van der Waals surface area contributed by atoms with Crippen molar-refractivity contribution in [3.63, 3.8) is 0 Å². The van der Waals surface area contributed by atoms with Gasteiger partial charge in [-0.1, -0.05) is 17.7 Å². The quantitative estimate of drug-likeness (QED) is 0.480. The van der Waals surface area contributed by atoms with Crippen molar-refractivity contribution in [1.29, 1.82) is 0 Å². The number of hydrogen-bond donors (Lipinski definition) is 0. The Balaban J connectivity index is 2.29. The van der Waals surface area contributed by atoms with Gasteiger partial charge in [0, 0.05) is 12.4 Å². The van der Waals surface area contributed by atoms with Gasteiger partial charge in [-0.15, -0.1) is 11.6 Å². The average molecular weight is 272 g/mol.